The zero-order valence-corrected chi connectivity index (χ0v) is 23.6. The molecule has 1 fully saturated rings. The fourth-order valence-electron chi connectivity index (χ4n) is 6.18. The second-order valence-electron chi connectivity index (χ2n) is 11.1. The van der Waals surface area contributed by atoms with Gasteiger partial charge in [-0.2, -0.15) is 0 Å². The van der Waals surface area contributed by atoms with Crippen LogP contribution in [0.15, 0.2) is 103 Å². The van der Waals surface area contributed by atoms with Gasteiger partial charge in [-0.05, 0) is 83.5 Å². The maximum atomic E-state index is 13.0. The monoisotopic (exact) mass is 545 g/mol. The van der Waals surface area contributed by atoms with Gasteiger partial charge in [0.1, 0.15) is 6.29 Å². The number of nitrogens with one attached hydrogen (secondary N) is 2. The van der Waals surface area contributed by atoms with E-state index in [1.807, 2.05) is 42.5 Å². The van der Waals surface area contributed by atoms with E-state index in [9.17, 15) is 9.59 Å². The van der Waals surface area contributed by atoms with E-state index in [1.165, 1.54) is 40.9 Å². The number of nitrogens with two attached hydrogens (primary N) is 1. The van der Waals surface area contributed by atoms with E-state index >= 15 is 0 Å². The van der Waals surface area contributed by atoms with E-state index in [2.05, 4.69) is 72.2 Å². The third-order valence-corrected chi connectivity index (χ3v) is 8.36. The van der Waals surface area contributed by atoms with Crippen molar-refractivity contribution in [3.8, 4) is 0 Å². The fourth-order valence-corrected chi connectivity index (χ4v) is 6.18. The molecule has 0 spiro atoms. The van der Waals surface area contributed by atoms with Crippen molar-refractivity contribution in [2.75, 3.05) is 0 Å². The first-order valence-corrected chi connectivity index (χ1v) is 14.6. The Morgan fingerprint density at radius 1 is 0.902 bits per heavy atom. The Hall–Kier alpha value is -4.22. The van der Waals surface area contributed by atoms with Crippen LogP contribution in [0.2, 0.25) is 0 Å². The highest BCUT2D eigenvalue weighted by Crippen LogP contribution is 2.34. The molecule has 4 aromatic carbocycles. The first-order valence-electron chi connectivity index (χ1n) is 14.6. The average molecular weight is 546 g/mol. The minimum atomic E-state index is -0.661. The van der Waals surface area contributed by atoms with E-state index in [1.54, 1.807) is 0 Å². The van der Waals surface area contributed by atoms with Crippen molar-refractivity contribution in [2.24, 2.45) is 5.73 Å². The van der Waals surface area contributed by atoms with Gasteiger partial charge in [-0.25, -0.2) is 0 Å². The van der Waals surface area contributed by atoms with Gasteiger partial charge < -0.3 is 21.2 Å². The van der Waals surface area contributed by atoms with Crippen molar-refractivity contribution in [1.29, 1.82) is 0 Å². The second-order valence-corrected chi connectivity index (χ2v) is 11.1. The quantitative estimate of drug-likeness (QED) is 0.189. The molecular formula is C36H39N3O2. The molecule has 0 heterocycles. The van der Waals surface area contributed by atoms with Crippen LogP contribution in [0.25, 0.3) is 16.3 Å². The number of benzene rings is 4. The minimum Gasteiger partial charge on any atom is -0.404 e. The molecule has 41 heavy (non-hydrogen) atoms. The van der Waals surface area contributed by atoms with Crippen LogP contribution in [0.3, 0.4) is 0 Å². The summed E-state index contributed by atoms with van der Waals surface area (Å²) >= 11 is 0. The second kappa shape index (κ2) is 13.4. The molecule has 210 valence electrons. The molecular weight excluding hydrogens is 506 g/mol. The fraction of sp³-hybridized carbons (Fsp3) is 0.278. The molecule has 0 bridgehead atoms. The maximum Gasteiger partial charge on any atom is 0.251 e. The first-order chi connectivity index (χ1) is 20.1. The Kier molecular flexibility index (Phi) is 9.27. The molecule has 1 saturated carbocycles. The number of carbonyl (C=O) groups is 2. The van der Waals surface area contributed by atoms with Crippen LogP contribution in [0, 0.1) is 0 Å². The van der Waals surface area contributed by atoms with E-state index in [0.717, 1.165) is 30.3 Å². The maximum absolute atomic E-state index is 13.0. The summed E-state index contributed by atoms with van der Waals surface area (Å²) < 4.78 is 0. The van der Waals surface area contributed by atoms with Crippen LogP contribution in [-0.4, -0.2) is 24.3 Å². The topological polar surface area (TPSA) is 84.2 Å². The Labute approximate surface area is 242 Å². The number of carbonyl (C=O) groups excluding carboxylic acids is 2. The molecule has 1 aliphatic carbocycles. The van der Waals surface area contributed by atoms with Crippen LogP contribution in [0.5, 0.6) is 0 Å². The summed E-state index contributed by atoms with van der Waals surface area (Å²) in [5, 5.41) is 9.35. The molecule has 0 aliphatic heterocycles. The number of hydrogen-bond acceptors (Lipinski definition) is 4. The van der Waals surface area contributed by atoms with Gasteiger partial charge in [0.2, 0.25) is 0 Å². The van der Waals surface area contributed by atoms with Crippen molar-refractivity contribution in [2.45, 2.75) is 63.1 Å². The molecule has 4 N–H and O–H groups in total. The number of hydrogen-bond donors (Lipinski definition) is 3. The summed E-state index contributed by atoms with van der Waals surface area (Å²) in [6.07, 6.45) is 7.17. The third kappa shape index (κ3) is 6.93. The lowest BCUT2D eigenvalue weighted by Gasteiger charge is -2.32. The lowest BCUT2D eigenvalue weighted by Crippen LogP contribution is -2.36. The lowest BCUT2D eigenvalue weighted by atomic mass is 9.80. The Bertz CT molecular complexity index is 1490. The van der Waals surface area contributed by atoms with Gasteiger partial charge in [0.25, 0.3) is 5.91 Å². The average Bonchev–Trinajstić information content (AvgIpc) is 3.03. The van der Waals surface area contributed by atoms with Crippen molar-refractivity contribution in [3.05, 3.63) is 126 Å². The smallest absolute Gasteiger partial charge is 0.251 e. The SMILES string of the molecule is CC(NC1CCC[C@H](c2ccc(C(=O)NC(C=O)C/C(=C/N)c3ccccc3)cc2)C1)c1cccc2ccccc12. The van der Waals surface area contributed by atoms with Crippen LogP contribution in [0.1, 0.15) is 78.0 Å². The molecule has 3 unspecified atom stereocenters. The molecule has 4 atom stereocenters. The van der Waals surface area contributed by atoms with Gasteiger partial charge in [0, 0.05) is 24.1 Å². The van der Waals surface area contributed by atoms with E-state index in [-0.39, 0.29) is 11.9 Å². The van der Waals surface area contributed by atoms with Crippen molar-refractivity contribution >= 4 is 28.5 Å². The van der Waals surface area contributed by atoms with Crippen molar-refractivity contribution in [1.82, 2.24) is 10.6 Å². The largest absolute Gasteiger partial charge is 0.404 e. The number of rotatable bonds is 10. The molecule has 1 aliphatic rings. The van der Waals surface area contributed by atoms with Crippen LogP contribution < -0.4 is 16.4 Å². The standard InChI is InChI=1S/C36H39N3O2/c1-25(34-16-8-12-28-11-5-6-15-35(28)34)38-32-14-7-13-30(21-32)27-17-19-29(20-18-27)36(41)39-33(24-40)22-31(23-37)26-9-3-2-4-10-26/h2-6,8-12,15-20,23-25,30,32-33,38H,7,13-14,21-22,37H2,1H3,(H,39,41)/b31-23-/t25?,30-,32?,33?/m0/s1. The molecule has 0 aromatic heterocycles. The lowest BCUT2D eigenvalue weighted by molar-refractivity contribution is -0.109. The third-order valence-electron chi connectivity index (χ3n) is 8.36. The molecule has 0 radical (unpaired) electrons. The summed E-state index contributed by atoms with van der Waals surface area (Å²) in [6.45, 7) is 2.26. The molecule has 5 rings (SSSR count). The normalized spacial score (nSPS) is 18.9. The molecule has 0 saturated heterocycles. The summed E-state index contributed by atoms with van der Waals surface area (Å²) in [6, 6.07) is 32.7. The van der Waals surface area contributed by atoms with Gasteiger partial charge in [0.05, 0.1) is 6.04 Å². The van der Waals surface area contributed by atoms with Gasteiger partial charge in [-0.15, -0.1) is 0 Å². The summed E-state index contributed by atoms with van der Waals surface area (Å²) in [4.78, 5) is 24.8. The van der Waals surface area contributed by atoms with Crippen LogP contribution in [0.4, 0.5) is 0 Å². The zero-order valence-electron chi connectivity index (χ0n) is 23.6. The van der Waals surface area contributed by atoms with E-state index < -0.39 is 6.04 Å². The first kappa shape index (κ1) is 28.3. The highest BCUT2D eigenvalue weighted by molar-refractivity contribution is 5.96. The van der Waals surface area contributed by atoms with Gasteiger partial charge in [-0.3, -0.25) is 4.79 Å². The summed E-state index contributed by atoms with van der Waals surface area (Å²) in [5.74, 6) is 0.189. The van der Waals surface area contributed by atoms with Crippen molar-refractivity contribution < 1.29 is 9.59 Å². The minimum absolute atomic E-state index is 0.259. The number of fused-ring (bicyclic) bond motifs is 1. The number of amides is 1. The van der Waals surface area contributed by atoms with Crippen molar-refractivity contribution in [3.63, 3.8) is 0 Å². The number of aldehydes is 1. The Morgan fingerprint density at radius 2 is 1.63 bits per heavy atom. The van der Waals surface area contributed by atoms with Gasteiger partial charge in [0.15, 0.2) is 0 Å². The van der Waals surface area contributed by atoms with Gasteiger partial charge in [-0.1, -0.05) is 91.3 Å². The predicted molar refractivity (Wildman–Crippen MR) is 167 cm³/mol. The summed E-state index contributed by atoms with van der Waals surface area (Å²) in [5.41, 5.74) is 10.7. The highest BCUT2D eigenvalue weighted by Gasteiger charge is 2.25. The van der Waals surface area contributed by atoms with E-state index in [0.29, 0.717) is 23.9 Å². The molecule has 1 amide bonds. The highest BCUT2D eigenvalue weighted by atomic mass is 16.2. The molecule has 5 nitrogen and oxygen atoms in total. The molecule has 5 heteroatoms. The zero-order chi connectivity index (χ0) is 28.6. The summed E-state index contributed by atoms with van der Waals surface area (Å²) in [7, 11) is 0. The molecule has 4 aromatic rings. The van der Waals surface area contributed by atoms with Gasteiger partial charge >= 0.3 is 0 Å². The van der Waals surface area contributed by atoms with Crippen LogP contribution >= 0.6 is 0 Å². The van der Waals surface area contributed by atoms with Crippen LogP contribution in [-0.2, 0) is 4.79 Å². The Morgan fingerprint density at radius 3 is 2.39 bits per heavy atom. The van der Waals surface area contributed by atoms with E-state index in [4.69, 9.17) is 5.73 Å². The Balaban J connectivity index is 1.19. The predicted octanol–water partition coefficient (Wildman–Crippen LogP) is 6.90.